The molecule has 0 amide bonds. The van der Waals surface area contributed by atoms with Crippen molar-refractivity contribution in [3.8, 4) is 0 Å². The van der Waals surface area contributed by atoms with Crippen LogP contribution in [0, 0.1) is 0 Å². The van der Waals surface area contributed by atoms with Crippen molar-refractivity contribution in [3.05, 3.63) is 0 Å². The normalized spacial score (nSPS) is 42.0. The minimum atomic E-state index is -1.65. The number of halogens is 8. The monoisotopic (exact) mass is 460 g/mol. The minimum absolute atomic E-state index is 1.09. The third-order valence-corrected chi connectivity index (χ3v) is 18.8. The average molecular weight is 464 g/mol. The maximum atomic E-state index is 5.97. The molecule has 0 aromatic rings. The molecule has 1 saturated heterocycles. The molecule has 1 aliphatic heterocycles. The van der Waals surface area contributed by atoms with Crippen molar-refractivity contribution < 1.29 is 0 Å². The molecular formula is Cl8N4P4. The van der Waals surface area contributed by atoms with Gasteiger partial charge in [0.15, 0.2) is 30.3 Å². The Hall–Kier alpha value is 3.88. The van der Waals surface area contributed by atoms with Gasteiger partial charge in [-0.2, -0.15) is 0 Å². The van der Waals surface area contributed by atoms with E-state index in [0.29, 0.717) is 0 Å². The van der Waals surface area contributed by atoms with Crippen LogP contribution >= 0.6 is 122 Å². The van der Waals surface area contributed by atoms with Gasteiger partial charge in [0.05, 0.1) is 0 Å². The zero-order valence-corrected chi connectivity index (χ0v) is 16.2. The second kappa shape index (κ2) is 7.77. The molecule has 0 aromatic heterocycles. The first-order valence-corrected chi connectivity index (χ1v) is 12.9. The van der Waals surface area contributed by atoms with Crippen LogP contribution in [0.1, 0.15) is 0 Å². The van der Waals surface area contributed by atoms with Gasteiger partial charge in [0, 0.05) is 0 Å². The van der Waals surface area contributed by atoms with E-state index in [2.05, 4.69) is 0 Å². The zero-order chi connectivity index (χ0) is 12.6. The van der Waals surface area contributed by atoms with E-state index in [0.717, 1.165) is 15.8 Å². The quantitative estimate of drug-likeness (QED) is 0.270. The molecule has 0 atom stereocenters. The summed E-state index contributed by atoms with van der Waals surface area (Å²) in [5, 5.41) is 0. The molecule has 0 spiro atoms. The summed E-state index contributed by atoms with van der Waals surface area (Å²) in [6.45, 7) is 0. The summed E-state index contributed by atoms with van der Waals surface area (Å²) >= 11 is 47.4. The van der Waals surface area contributed by atoms with Crippen LogP contribution in [0.3, 0.4) is 0 Å². The number of nitrogens with zero attached hydrogens (tertiary/aromatic N) is 4. The molecule has 16 heavy (non-hydrogen) atoms. The highest BCUT2D eigenvalue weighted by Crippen LogP contribution is 2.84. The first-order valence-electron chi connectivity index (χ1n) is 2.95. The Balaban J connectivity index is 2.98. The Morgan fingerprint density at radius 1 is 0.438 bits per heavy atom. The summed E-state index contributed by atoms with van der Waals surface area (Å²) in [5.41, 5.74) is 0. The lowest BCUT2D eigenvalue weighted by molar-refractivity contribution is 0.944. The maximum absolute atomic E-state index is 5.97. The summed E-state index contributed by atoms with van der Waals surface area (Å²) in [7, 11) is -6.58. The van der Waals surface area contributed by atoms with Gasteiger partial charge < -0.3 is 0 Å². The lowest BCUT2D eigenvalue weighted by Crippen LogP contribution is -2.16. The van der Waals surface area contributed by atoms with Crippen LogP contribution in [0.25, 0.3) is 0 Å². The van der Waals surface area contributed by atoms with Crippen LogP contribution in [0.2, 0.25) is 0 Å². The Bertz CT molecular complexity index is 156. The molecular weight excluding hydrogens is 464 g/mol. The van der Waals surface area contributed by atoms with Crippen LogP contribution in [-0.2, 0) is 0 Å². The largest absolute Gasteiger partial charge is 0.181 e. The van der Waals surface area contributed by atoms with E-state index in [-0.39, 0.29) is 0 Å². The van der Waals surface area contributed by atoms with Crippen LogP contribution in [0.4, 0.5) is 0 Å². The molecule has 96 valence electrons. The van der Waals surface area contributed by atoms with E-state index < -0.39 is 30.3 Å². The summed E-state index contributed by atoms with van der Waals surface area (Å²) < 4.78 is 4.36. The Labute approximate surface area is 137 Å². The third-order valence-electron chi connectivity index (χ3n) is 1.09. The number of hydrogen-bond donors (Lipinski definition) is 0. The van der Waals surface area contributed by atoms with E-state index in [1.807, 2.05) is 0 Å². The Kier molecular flexibility index (Phi) is 8.70. The summed E-state index contributed by atoms with van der Waals surface area (Å²) in [6, 6.07) is 0. The molecule has 1 rings (SSSR count). The first-order chi connectivity index (χ1) is 7.29. The van der Waals surface area contributed by atoms with Crippen molar-refractivity contribution in [2.24, 2.45) is 0 Å². The van der Waals surface area contributed by atoms with Gasteiger partial charge in [-0.25, -0.2) is 0 Å². The summed E-state index contributed by atoms with van der Waals surface area (Å²) in [6.07, 6.45) is 0. The average Bonchev–Trinajstić information content (AvgIpc) is 2.30. The molecule has 0 radical (unpaired) electrons. The van der Waals surface area contributed by atoms with E-state index in [1.165, 1.54) is 0 Å². The Morgan fingerprint density at radius 3 is 0.688 bits per heavy atom. The second-order valence-corrected chi connectivity index (χ2v) is 15.2. The fraction of sp³-hybridized carbons (Fsp3) is 0. The predicted molar refractivity (Wildman–Crippen MR) is 81.9 cm³/mol. The number of hydrogen-bond acceptors (Lipinski definition) is 4. The number of rotatable bonds is 0. The lowest BCUT2D eigenvalue weighted by Gasteiger charge is -2.39. The molecule has 0 bridgehead atoms. The molecule has 1 aliphatic rings. The molecule has 4 nitrogen and oxygen atoms in total. The smallest absolute Gasteiger partial charge is 0.116 e. The van der Waals surface area contributed by atoms with Gasteiger partial charge in [0.2, 0.25) is 0 Å². The molecule has 16 heteroatoms. The van der Waals surface area contributed by atoms with Gasteiger partial charge in [-0.15, -0.1) is 15.8 Å². The van der Waals surface area contributed by atoms with Crippen molar-refractivity contribution in [1.29, 1.82) is 0 Å². The lowest BCUT2D eigenvalue weighted by atomic mass is 13.7. The molecule has 0 N–H and O–H groups in total. The van der Waals surface area contributed by atoms with Gasteiger partial charge >= 0.3 is 0 Å². The molecule has 0 aliphatic carbocycles. The van der Waals surface area contributed by atoms with Crippen molar-refractivity contribution in [2.45, 2.75) is 0 Å². The van der Waals surface area contributed by atoms with Crippen LogP contribution in [-0.4, -0.2) is 15.8 Å². The van der Waals surface area contributed by atoms with Crippen LogP contribution in [0.5, 0.6) is 0 Å². The van der Waals surface area contributed by atoms with E-state index in [1.54, 1.807) is 0 Å². The molecule has 1 fully saturated rings. The molecule has 0 saturated carbocycles. The fourth-order valence-electron chi connectivity index (χ4n) is 0.487. The topological polar surface area (TPSA) is 13.0 Å². The Morgan fingerprint density at radius 2 is 0.562 bits per heavy atom. The summed E-state index contributed by atoms with van der Waals surface area (Å²) in [5.74, 6) is 0. The van der Waals surface area contributed by atoms with E-state index in [4.69, 9.17) is 92.1 Å². The maximum Gasteiger partial charge on any atom is 0.181 e. The van der Waals surface area contributed by atoms with Crippen molar-refractivity contribution >= 4 is 122 Å². The highest BCUT2D eigenvalue weighted by molar-refractivity contribution is 8.07. The first kappa shape index (κ1) is 17.9. The zero-order valence-electron chi connectivity index (χ0n) is 6.60. The van der Waals surface area contributed by atoms with Crippen molar-refractivity contribution in [3.63, 3.8) is 0 Å². The van der Waals surface area contributed by atoms with Crippen LogP contribution in [0.15, 0.2) is 0 Å². The van der Waals surface area contributed by atoms with Crippen molar-refractivity contribution in [2.75, 3.05) is 0 Å². The highest BCUT2D eigenvalue weighted by Gasteiger charge is 2.45. The predicted octanol–water partition coefficient (Wildman–Crippen LogP) is 7.69. The van der Waals surface area contributed by atoms with Gasteiger partial charge in [-0.3, -0.25) is 0 Å². The van der Waals surface area contributed by atoms with Crippen molar-refractivity contribution in [1.82, 2.24) is 15.8 Å². The van der Waals surface area contributed by atoms with E-state index in [9.17, 15) is 0 Å². The van der Waals surface area contributed by atoms with Gasteiger partial charge in [-0.1, -0.05) is 45.0 Å². The van der Waals surface area contributed by atoms with Gasteiger partial charge in [0.1, 0.15) is 0 Å². The van der Waals surface area contributed by atoms with Gasteiger partial charge in [0.25, 0.3) is 0 Å². The standard InChI is InChI=1S/Cl8N4P4/c1-9-13(5)10(2)15(7)12(4)16(8)11(3)14(9)6. The highest BCUT2D eigenvalue weighted by atomic mass is 35.7. The third kappa shape index (κ3) is 3.96. The fourth-order valence-corrected chi connectivity index (χ4v) is 14.6. The van der Waals surface area contributed by atoms with E-state index >= 15 is 0 Å². The summed E-state index contributed by atoms with van der Waals surface area (Å²) in [4.78, 5) is 0. The molecule has 1 heterocycles. The molecule has 0 unspecified atom stereocenters. The second-order valence-electron chi connectivity index (χ2n) is 1.93. The minimum Gasteiger partial charge on any atom is -0.116 e. The van der Waals surface area contributed by atoms with Crippen LogP contribution < -0.4 is 0 Å². The molecule has 0 aromatic carbocycles. The van der Waals surface area contributed by atoms with Gasteiger partial charge in [-0.05, 0) is 47.1 Å². The SMILES string of the molecule is ClN1P(Cl)N(Cl)P(Cl)N(Cl)P(Cl)N(Cl)P1Cl.